The van der Waals surface area contributed by atoms with Crippen LogP contribution >= 0.6 is 0 Å². The molecule has 2 N–H and O–H groups in total. The number of nitrogens with zero attached hydrogens (tertiary/aromatic N) is 1. The van der Waals surface area contributed by atoms with Gasteiger partial charge in [0.2, 0.25) is 0 Å². The van der Waals surface area contributed by atoms with Crippen LogP contribution in [0.15, 0.2) is 60.8 Å². The Morgan fingerprint density at radius 2 is 1.52 bits per heavy atom. The minimum atomic E-state index is -0.206. The molecule has 2 saturated carbocycles. The molecule has 27 heavy (non-hydrogen) atoms. The van der Waals surface area contributed by atoms with Crippen LogP contribution in [0.25, 0.3) is 22.0 Å². The van der Waals surface area contributed by atoms with Crippen molar-refractivity contribution in [3.8, 4) is 11.3 Å². The fourth-order valence-electron chi connectivity index (χ4n) is 4.35. The molecule has 1 aromatic heterocycles. The Morgan fingerprint density at radius 3 is 2.15 bits per heavy atom. The molecule has 0 saturated heterocycles. The summed E-state index contributed by atoms with van der Waals surface area (Å²) in [5.41, 5.74) is 2.01. The van der Waals surface area contributed by atoms with Gasteiger partial charge in [0.25, 0.3) is 0 Å². The SMILES string of the molecule is OC1CCC2CCC(O)C12.[Ir].[c-]1ccccc1-c1cc2ccccc2cn1. The summed E-state index contributed by atoms with van der Waals surface area (Å²) in [7, 11) is 0. The van der Waals surface area contributed by atoms with Gasteiger partial charge >= 0.3 is 0 Å². The maximum atomic E-state index is 9.41. The summed E-state index contributed by atoms with van der Waals surface area (Å²) in [5.74, 6) is 0.852. The standard InChI is InChI=1S/C15H10N.C8H14O2.Ir/c1-2-6-12(7-3-1)15-10-13-8-4-5-9-14(13)11-16-15;9-6-3-1-5-2-4-7(10)8(5)6;/h1-6,8-11H;5-10H,1-4H2;/q-1;;. The summed E-state index contributed by atoms with van der Waals surface area (Å²) < 4.78 is 0. The van der Waals surface area contributed by atoms with Crippen LogP contribution in [0.5, 0.6) is 0 Å². The molecular formula is C23H24IrNO2-. The van der Waals surface area contributed by atoms with Crippen molar-refractivity contribution in [3.63, 3.8) is 0 Å². The van der Waals surface area contributed by atoms with Crippen molar-refractivity contribution in [2.24, 2.45) is 11.8 Å². The van der Waals surface area contributed by atoms with Gasteiger partial charge in [-0.05, 0) is 48.1 Å². The van der Waals surface area contributed by atoms with Gasteiger partial charge in [0.1, 0.15) is 0 Å². The first-order valence-corrected chi connectivity index (χ1v) is 9.40. The molecule has 0 amide bonds. The predicted octanol–water partition coefficient (Wildman–Crippen LogP) is 4.23. The van der Waals surface area contributed by atoms with Gasteiger partial charge in [-0.15, -0.1) is 35.9 Å². The molecule has 0 aliphatic heterocycles. The fourth-order valence-corrected chi connectivity index (χ4v) is 4.35. The predicted molar refractivity (Wildman–Crippen MR) is 103 cm³/mol. The van der Waals surface area contributed by atoms with Crippen LogP contribution in [0.3, 0.4) is 0 Å². The number of aliphatic hydroxyl groups excluding tert-OH is 2. The van der Waals surface area contributed by atoms with Crippen molar-refractivity contribution in [3.05, 3.63) is 66.9 Å². The van der Waals surface area contributed by atoms with Crippen molar-refractivity contribution in [1.29, 1.82) is 0 Å². The Hall–Kier alpha value is -1.58. The number of aromatic nitrogens is 1. The molecule has 3 aromatic rings. The molecule has 3 nitrogen and oxygen atoms in total. The van der Waals surface area contributed by atoms with E-state index in [1.807, 2.05) is 42.6 Å². The van der Waals surface area contributed by atoms with E-state index in [0.29, 0.717) is 5.92 Å². The van der Waals surface area contributed by atoms with Crippen LogP contribution < -0.4 is 0 Å². The Balaban J connectivity index is 0.000000166. The molecule has 1 heterocycles. The van der Waals surface area contributed by atoms with E-state index in [1.54, 1.807) is 0 Å². The molecule has 1 radical (unpaired) electrons. The van der Waals surface area contributed by atoms with E-state index in [0.717, 1.165) is 36.9 Å². The van der Waals surface area contributed by atoms with Gasteiger partial charge < -0.3 is 15.2 Å². The van der Waals surface area contributed by atoms with Crippen molar-refractivity contribution in [1.82, 2.24) is 4.98 Å². The van der Waals surface area contributed by atoms with Gasteiger partial charge in [-0.1, -0.05) is 30.3 Å². The van der Waals surface area contributed by atoms with Gasteiger partial charge in [0.15, 0.2) is 0 Å². The first-order chi connectivity index (χ1) is 12.7. The molecule has 2 aliphatic rings. The minimum absolute atomic E-state index is 0. The summed E-state index contributed by atoms with van der Waals surface area (Å²) >= 11 is 0. The van der Waals surface area contributed by atoms with E-state index in [-0.39, 0.29) is 38.2 Å². The average Bonchev–Trinajstić information content (AvgIpc) is 3.26. The van der Waals surface area contributed by atoms with Gasteiger partial charge in [0, 0.05) is 32.2 Å². The number of hydrogen-bond donors (Lipinski definition) is 2. The molecule has 143 valence electrons. The number of pyridine rings is 1. The quantitative estimate of drug-likeness (QED) is 0.456. The Labute approximate surface area is 173 Å². The molecule has 2 aromatic carbocycles. The van der Waals surface area contributed by atoms with E-state index >= 15 is 0 Å². The minimum Gasteiger partial charge on any atom is -0.393 e. The maximum absolute atomic E-state index is 9.41. The zero-order chi connectivity index (χ0) is 17.9. The molecule has 2 aliphatic carbocycles. The van der Waals surface area contributed by atoms with E-state index in [1.165, 1.54) is 10.8 Å². The van der Waals surface area contributed by atoms with E-state index in [2.05, 4.69) is 29.2 Å². The smallest absolute Gasteiger partial charge is 0.0595 e. The van der Waals surface area contributed by atoms with Crippen molar-refractivity contribution < 1.29 is 30.3 Å². The summed E-state index contributed by atoms with van der Waals surface area (Å²) in [6, 6.07) is 21.4. The summed E-state index contributed by atoms with van der Waals surface area (Å²) in [6.07, 6.45) is 5.57. The first-order valence-electron chi connectivity index (χ1n) is 9.40. The zero-order valence-electron chi connectivity index (χ0n) is 15.1. The number of hydrogen-bond acceptors (Lipinski definition) is 3. The van der Waals surface area contributed by atoms with E-state index in [4.69, 9.17) is 0 Å². The van der Waals surface area contributed by atoms with Crippen LogP contribution in [-0.2, 0) is 20.1 Å². The second-order valence-corrected chi connectivity index (χ2v) is 7.32. The van der Waals surface area contributed by atoms with E-state index in [9.17, 15) is 10.2 Å². The summed E-state index contributed by atoms with van der Waals surface area (Å²) in [5, 5.41) is 21.2. The molecule has 0 bridgehead atoms. The molecule has 2 fully saturated rings. The van der Waals surface area contributed by atoms with Gasteiger partial charge in [-0.2, -0.15) is 0 Å². The third kappa shape index (κ3) is 4.47. The summed E-state index contributed by atoms with van der Waals surface area (Å²) in [4.78, 5) is 4.45. The summed E-state index contributed by atoms with van der Waals surface area (Å²) in [6.45, 7) is 0. The van der Waals surface area contributed by atoms with Gasteiger partial charge in [-0.3, -0.25) is 0 Å². The third-order valence-electron chi connectivity index (χ3n) is 5.72. The second-order valence-electron chi connectivity index (χ2n) is 7.32. The van der Waals surface area contributed by atoms with Crippen LogP contribution in [0.1, 0.15) is 25.7 Å². The average molecular weight is 539 g/mol. The topological polar surface area (TPSA) is 53.4 Å². The molecular weight excluding hydrogens is 514 g/mol. The molecule has 4 heteroatoms. The van der Waals surface area contributed by atoms with Gasteiger partial charge in [-0.25, -0.2) is 0 Å². The Morgan fingerprint density at radius 1 is 0.852 bits per heavy atom. The van der Waals surface area contributed by atoms with Crippen LogP contribution in [0.2, 0.25) is 0 Å². The largest absolute Gasteiger partial charge is 0.393 e. The number of rotatable bonds is 1. The van der Waals surface area contributed by atoms with Crippen LogP contribution in [0, 0.1) is 17.9 Å². The van der Waals surface area contributed by atoms with Crippen molar-refractivity contribution in [2.45, 2.75) is 37.9 Å². The fraction of sp³-hybridized carbons (Fsp3) is 0.348. The number of benzene rings is 2. The zero-order valence-corrected chi connectivity index (χ0v) is 17.5. The van der Waals surface area contributed by atoms with Crippen LogP contribution in [-0.4, -0.2) is 27.4 Å². The maximum Gasteiger partial charge on any atom is 0.0595 e. The van der Waals surface area contributed by atoms with Gasteiger partial charge in [0.05, 0.1) is 12.2 Å². The molecule has 0 spiro atoms. The first kappa shape index (κ1) is 20.2. The number of fused-ring (bicyclic) bond motifs is 2. The molecule has 2 atom stereocenters. The van der Waals surface area contributed by atoms with Crippen molar-refractivity contribution >= 4 is 10.8 Å². The monoisotopic (exact) mass is 539 g/mol. The normalized spacial score (nSPS) is 26.0. The Kier molecular flexibility index (Phi) is 6.78. The number of aliphatic hydroxyl groups is 2. The van der Waals surface area contributed by atoms with Crippen molar-refractivity contribution in [2.75, 3.05) is 0 Å². The van der Waals surface area contributed by atoms with Crippen LogP contribution in [0.4, 0.5) is 0 Å². The third-order valence-corrected chi connectivity index (χ3v) is 5.72. The molecule has 5 rings (SSSR count). The second kappa shape index (κ2) is 9.07. The molecule has 2 unspecified atom stereocenters. The van der Waals surface area contributed by atoms with E-state index < -0.39 is 0 Å². The Bertz CT molecular complexity index is 856.